The largest absolute Gasteiger partial charge is 0.378 e. The first-order valence-corrected chi connectivity index (χ1v) is 12.8. The van der Waals surface area contributed by atoms with Crippen molar-refractivity contribution in [3.63, 3.8) is 0 Å². The van der Waals surface area contributed by atoms with Crippen molar-refractivity contribution in [3.8, 4) is 0 Å². The highest BCUT2D eigenvalue weighted by molar-refractivity contribution is 7.89. The number of piperazine rings is 1. The molecule has 0 spiro atoms. The molecule has 1 aromatic heterocycles. The zero-order valence-electron chi connectivity index (χ0n) is 18.8. The third-order valence-corrected chi connectivity index (χ3v) is 8.40. The Balaban J connectivity index is 1.50. The second-order valence-electron chi connectivity index (χ2n) is 8.70. The van der Waals surface area contributed by atoms with Gasteiger partial charge in [-0.3, -0.25) is 0 Å². The first kappa shape index (κ1) is 22.5. The predicted molar refractivity (Wildman–Crippen MR) is 122 cm³/mol. The van der Waals surface area contributed by atoms with E-state index in [1.807, 2.05) is 0 Å². The number of sulfonamides is 1. The standard InChI is InChI=1S/C22H29FN6O3S/c1-26-8-10-27(11-9-26)21-19-16-29(33(30,31)18-4-2-17(23)3-5-18)7-6-20(19)24-22(25-21)28-12-14-32-15-13-28/h2-5H,6-16H2,1H3. The summed E-state index contributed by atoms with van der Waals surface area (Å²) in [5, 5.41) is 0. The lowest BCUT2D eigenvalue weighted by atomic mass is 10.1. The molecule has 3 aliphatic rings. The number of nitrogens with zero attached hydrogens (tertiary/aromatic N) is 6. The SMILES string of the molecule is CN1CCN(c2nc(N3CCOCC3)nc3c2CN(S(=O)(=O)c2ccc(F)cc2)CC3)CC1. The molecule has 11 heteroatoms. The van der Waals surface area contributed by atoms with Gasteiger partial charge in [0.25, 0.3) is 0 Å². The van der Waals surface area contributed by atoms with Crippen molar-refractivity contribution in [2.24, 2.45) is 0 Å². The number of likely N-dealkylation sites (N-methyl/N-ethyl adjacent to an activating group) is 1. The van der Waals surface area contributed by atoms with Crippen LogP contribution < -0.4 is 9.80 Å². The van der Waals surface area contributed by atoms with Gasteiger partial charge in [-0.05, 0) is 31.3 Å². The molecule has 0 bridgehead atoms. The summed E-state index contributed by atoms with van der Waals surface area (Å²) >= 11 is 0. The van der Waals surface area contributed by atoms with Crippen LogP contribution in [0.2, 0.25) is 0 Å². The summed E-state index contributed by atoms with van der Waals surface area (Å²) in [6.07, 6.45) is 0.510. The van der Waals surface area contributed by atoms with Crippen LogP contribution in [0.1, 0.15) is 11.3 Å². The Labute approximate surface area is 193 Å². The maximum Gasteiger partial charge on any atom is 0.243 e. The minimum atomic E-state index is -3.75. The Bertz CT molecular complexity index is 1100. The van der Waals surface area contributed by atoms with Crippen LogP contribution in [0.3, 0.4) is 0 Å². The highest BCUT2D eigenvalue weighted by Gasteiger charge is 2.33. The summed E-state index contributed by atoms with van der Waals surface area (Å²) in [6, 6.07) is 5.00. The number of hydrogen-bond donors (Lipinski definition) is 0. The molecular formula is C22H29FN6O3S. The van der Waals surface area contributed by atoms with Crippen molar-refractivity contribution in [2.45, 2.75) is 17.9 Å². The number of halogens is 1. The van der Waals surface area contributed by atoms with Crippen molar-refractivity contribution in [2.75, 3.05) is 75.9 Å². The normalized spacial score (nSPS) is 20.7. The molecular weight excluding hydrogens is 447 g/mol. The van der Waals surface area contributed by atoms with Gasteiger partial charge in [0.05, 0.1) is 23.8 Å². The number of aromatic nitrogens is 2. The Morgan fingerprint density at radius 1 is 0.909 bits per heavy atom. The average molecular weight is 477 g/mol. The van der Waals surface area contributed by atoms with E-state index in [-0.39, 0.29) is 11.4 Å². The van der Waals surface area contributed by atoms with Crippen LogP contribution in [0.15, 0.2) is 29.2 Å². The van der Waals surface area contributed by atoms with E-state index in [2.05, 4.69) is 21.7 Å². The van der Waals surface area contributed by atoms with Crippen molar-refractivity contribution >= 4 is 21.8 Å². The second kappa shape index (κ2) is 9.13. The summed E-state index contributed by atoms with van der Waals surface area (Å²) in [5.41, 5.74) is 1.78. The molecule has 0 saturated carbocycles. The number of anilines is 2. The molecule has 0 unspecified atom stereocenters. The fourth-order valence-electron chi connectivity index (χ4n) is 4.50. The summed E-state index contributed by atoms with van der Waals surface area (Å²) in [6.45, 7) is 6.81. The minimum absolute atomic E-state index is 0.0966. The number of ether oxygens (including phenoxy) is 1. The second-order valence-corrected chi connectivity index (χ2v) is 10.6. The monoisotopic (exact) mass is 476 g/mol. The minimum Gasteiger partial charge on any atom is -0.378 e. The molecule has 5 rings (SSSR count). The maximum absolute atomic E-state index is 13.3. The van der Waals surface area contributed by atoms with Gasteiger partial charge in [-0.2, -0.15) is 9.29 Å². The molecule has 0 N–H and O–H groups in total. The van der Waals surface area contributed by atoms with Crippen LogP contribution >= 0.6 is 0 Å². The molecule has 33 heavy (non-hydrogen) atoms. The molecule has 9 nitrogen and oxygen atoms in total. The van der Waals surface area contributed by atoms with E-state index in [1.165, 1.54) is 28.6 Å². The van der Waals surface area contributed by atoms with E-state index in [1.54, 1.807) is 0 Å². The van der Waals surface area contributed by atoms with Crippen LogP contribution in [0.4, 0.5) is 16.2 Å². The van der Waals surface area contributed by atoms with Gasteiger partial charge in [0.2, 0.25) is 16.0 Å². The molecule has 0 atom stereocenters. The summed E-state index contributed by atoms with van der Waals surface area (Å²) in [4.78, 5) is 16.6. The first-order chi connectivity index (χ1) is 15.9. The zero-order chi connectivity index (χ0) is 23.0. The van der Waals surface area contributed by atoms with E-state index in [0.29, 0.717) is 32.1 Å². The van der Waals surface area contributed by atoms with Crippen LogP contribution in [0, 0.1) is 5.82 Å². The smallest absolute Gasteiger partial charge is 0.243 e. The topological polar surface area (TPSA) is 82.1 Å². The molecule has 0 radical (unpaired) electrons. The highest BCUT2D eigenvalue weighted by Crippen LogP contribution is 2.32. The van der Waals surface area contributed by atoms with Gasteiger partial charge in [-0.25, -0.2) is 17.8 Å². The van der Waals surface area contributed by atoms with Crippen LogP contribution in [0.5, 0.6) is 0 Å². The quantitative estimate of drug-likeness (QED) is 0.645. The average Bonchev–Trinajstić information content (AvgIpc) is 2.84. The Morgan fingerprint density at radius 3 is 2.30 bits per heavy atom. The van der Waals surface area contributed by atoms with Crippen molar-refractivity contribution in [3.05, 3.63) is 41.3 Å². The van der Waals surface area contributed by atoms with E-state index in [4.69, 9.17) is 14.7 Å². The maximum atomic E-state index is 13.3. The van der Waals surface area contributed by atoms with Gasteiger partial charge in [0.15, 0.2) is 0 Å². The summed E-state index contributed by atoms with van der Waals surface area (Å²) in [7, 11) is -1.65. The van der Waals surface area contributed by atoms with Crippen LogP contribution in [0.25, 0.3) is 0 Å². The Hall–Kier alpha value is -2.34. The van der Waals surface area contributed by atoms with Crippen molar-refractivity contribution in [1.82, 2.24) is 19.2 Å². The number of morpholine rings is 1. The third kappa shape index (κ3) is 4.54. The van der Waals surface area contributed by atoms with E-state index < -0.39 is 15.8 Å². The van der Waals surface area contributed by atoms with Gasteiger partial charge in [-0.15, -0.1) is 0 Å². The summed E-state index contributed by atoms with van der Waals surface area (Å²) in [5.74, 6) is 1.06. The third-order valence-electron chi connectivity index (χ3n) is 6.54. The molecule has 2 aromatic rings. The highest BCUT2D eigenvalue weighted by atomic mass is 32.2. The molecule has 0 aliphatic carbocycles. The fourth-order valence-corrected chi connectivity index (χ4v) is 5.91. The predicted octanol–water partition coefficient (Wildman–Crippen LogP) is 0.951. The number of rotatable bonds is 4. The number of fused-ring (bicyclic) bond motifs is 1. The molecule has 0 amide bonds. The van der Waals surface area contributed by atoms with Crippen LogP contribution in [-0.2, 0) is 27.7 Å². The fraction of sp³-hybridized carbons (Fsp3) is 0.545. The van der Waals surface area contributed by atoms with Gasteiger partial charge in [-0.1, -0.05) is 0 Å². The van der Waals surface area contributed by atoms with Gasteiger partial charge in [0.1, 0.15) is 11.6 Å². The van der Waals surface area contributed by atoms with Crippen molar-refractivity contribution < 1.29 is 17.5 Å². The molecule has 178 valence electrons. The molecule has 1 aromatic carbocycles. The Kier molecular flexibility index (Phi) is 6.21. The van der Waals surface area contributed by atoms with Crippen molar-refractivity contribution in [1.29, 1.82) is 0 Å². The number of benzene rings is 1. The first-order valence-electron chi connectivity index (χ1n) is 11.3. The van der Waals surface area contributed by atoms with E-state index in [0.717, 1.165) is 56.3 Å². The van der Waals surface area contributed by atoms with E-state index >= 15 is 0 Å². The van der Waals surface area contributed by atoms with Crippen LogP contribution in [-0.4, -0.2) is 93.7 Å². The zero-order valence-corrected chi connectivity index (χ0v) is 19.6. The number of hydrogen-bond acceptors (Lipinski definition) is 8. The van der Waals surface area contributed by atoms with Gasteiger partial charge < -0.3 is 19.4 Å². The molecule has 2 fully saturated rings. The lowest BCUT2D eigenvalue weighted by molar-refractivity contribution is 0.122. The molecule has 4 heterocycles. The van der Waals surface area contributed by atoms with Gasteiger partial charge in [0, 0.05) is 64.3 Å². The van der Waals surface area contributed by atoms with E-state index in [9.17, 15) is 12.8 Å². The lowest BCUT2D eigenvalue weighted by Gasteiger charge is -2.37. The van der Waals surface area contributed by atoms with Gasteiger partial charge >= 0.3 is 0 Å². The summed E-state index contributed by atoms with van der Waals surface area (Å²) < 4.78 is 46.8. The lowest BCUT2D eigenvalue weighted by Crippen LogP contribution is -2.46. The Morgan fingerprint density at radius 2 is 1.61 bits per heavy atom. The molecule has 2 saturated heterocycles. The molecule has 3 aliphatic heterocycles.